The van der Waals surface area contributed by atoms with Crippen LogP contribution < -0.4 is 10.1 Å². The smallest absolute Gasteiger partial charge is 0.127 e. The number of fused-ring (bicyclic) bond motifs is 1. The van der Waals surface area contributed by atoms with E-state index in [2.05, 4.69) is 16.3 Å². The fourth-order valence-electron chi connectivity index (χ4n) is 3.47. The normalized spacial score (nSPS) is 18.2. The highest BCUT2D eigenvalue weighted by atomic mass is 19.1. The van der Waals surface area contributed by atoms with Crippen LogP contribution in [0.4, 0.5) is 4.39 Å². The fraction of sp³-hybridized carbons (Fsp3) is 0.300. The molecule has 3 nitrogen and oxygen atoms in total. The molecule has 2 heterocycles. The molecule has 124 valence electrons. The maximum atomic E-state index is 13.4. The molecule has 0 radical (unpaired) electrons. The van der Waals surface area contributed by atoms with Crippen molar-refractivity contribution in [2.24, 2.45) is 0 Å². The third-order valence-corrected chi connectivity index (χ3v) is 4.67. The van der Waals surface area contributed by atoms with E-state index in [0.29, 0.717) is 6.61 Å². The Bertz CT molecular complexity index is 748. The van der Waals surface area contributed by atoms with Gasteiger partial charge in [0.05, 0.1) is 0 Å². The summed E-state index contributed by atoms with van der Waals surface area (Å²) in [4.78, 5) is 2.45. The van der Waals surface area contributed by atoms with Gasteiger partial charge in [0.2, 0.25) is 0 Å². The number of halogens is 1. The Morgan fingerprint density at radius 3 is 2.54 bits per heavy atom. The average Bonchev–Trinajstić information content (AvgIpc) is 2.63. The highest BCUT2D eigenvalue weighted by molar-refractivity contribution is 5.86. The van der Waals surface area contributed by atoms with Gasteiger partial charge in [0.1, 0.15) is 18.2 Å². The lowest BCUT2D eigenvalue weighted by Gasteiger charge is -2.31. The van der Waals surface area contributed by atoms with Gasteiger partial charge in [-0.2, -0.15) is 0 Å². The minimum atomic E-state index is -0.205. The minimum absolute atomic E-state index is 0.205. The summed E-state index contributed by atoms with van der Waals surface area (Å²) in [6.45, 7) is 5.62. The zero-order valence-electron chi connectivity index (χ0n) is 13.6. The van der Waals surface area contributed by atoms with Crippen molar-refractivity contribution >= 4 is 5.57 Å². The van der Waals surface area contributed by atoms with Gasteiger partial charge in [0.15, 0.2) is 0 Å². The number of hydrogen-bond donors (Lipinski definition) is 1. The fourth-order valence-corrected chi connectivity index (χ4v) is 3.47. The molecule has 0 aromatic heterocycles. The Balaban J connectivity index is 1.76. The van der Waals surface area contributed by atoms with Crippen LogP contribution in [0.5, 0.6) is 5.75 Å². The Labute approximate surface area is 141 Å². The van der Waals surface area contributed by atoms with Crippen molar-refractivity contribution in [1.82, 2.24) is 10.2 Å². The van der Waals surface area contributed by atoms with Gasteiger partial charge in [0, 0.05) is 38.3 Å². The topological polar surface area (TPSA) is 24.5 Å². The van der Waals surface area contributed by atoms with Gasteiger partial charge in [0.25, 0.3) is 0 Å². The summed E-state index contributed by atoms with van der Waals surface area (Å²) < 4.78 is 19.3. The molecule has 1 saturated heterocycles. The molecular weight excluding hydrogens is 303 g/mol. The zero-order valence-corrected chi connectivity index (χ0v) is 13.6. The van der Waals surface area contributed by atoms with Crippen molar-refractivity contribution in [3.63, 3.8) is 0 Å². The summed E-state index contributed by atoms with van der Waals surface area (Å²) in [5.74, 6) is 0.698. The van der Waals surface area contributed by atoms with E-state index >= 15 is 0 Å². The van der Waals surface area contributed by atoms with Gasteiger partial charge in [-0.1, -0.05) is 30.3 Å². The van der Waals surface area contributed by atoms with Crippen LogP contribution in [0.3, 0.4) is 0 Å². The van der Waals surface area contributed by atoms with Gasteiger partial charge in [-0.25, -0.2) is 4.39 Å². The van der Waals surface area contributed by atoms with E-state index in [1.807, 2.05) is 30.3 Å². The van der Waals surface area contributed by atoms with Crippen LogP contribution in [0.25, 0.3) is 5.57 Å². The molecule has 4 rings (SSSR count). The van der Waals surface area contributed by atoms with Crippen LogP contribution in [0, 0.1) is 5.82 Å². The molecule has 0 atom stereocenters. The molecule has 2 aliphatic rings. The Morgan fingerprint density at radius 1 is 1.00 bits per heavy atom. The molecule has 4 heteroatoms. The third kappa shape index (κ3) is 3.07. The molecular formula is C20H21FN2O. The molecule has 0 aliphatic carbocycles. The Morgan fingerprint density at radius 2 is 1.75 bits per heavy atom. The molecule has 0 spiro atoms. The van der Waals surface area contributed by atoms with Crippen LogP contribution in [0.1, 0.15) is 11.1 Å². The van der Waals surface area contributed by atoms with Crippen molar-refractivity contribution in [2.45, 2.75) is 0 Å². The first-order chi connectivity index (χ1) is 11.8. The Kier molecular flexibility index (Phi) is 4.32. The number of piperazine rings is 1. The number of benzene rings is 2. The number of hydrogen-bond acceptors (Lipinski definition) is 3. The van der Waals surface area contributed by atoms with E-state index < -0.39 is 0 Å². The van der Waals surface area contributed by atoms with Crippen LogP contribution in [0.15, 0.2) is 54.1 Å². The van der Waals surface area contributed by atoms with E-state index in [4.69, 9.17) is 4.74 Å². The van der Waals surface area contributed by atoms with E-state index in [9.17, 15) is 4.39 Å². The van der Waals surface area contributed by atoms with Crippen LogP contribution in [-0.2, 0) is 0 Å². The maximum absolute atomic E-state index is 13.4. The first-order valence-corrected chi connectivity index (χ1v) is 8.44. The van der Waals surface area contributed by atoms with Crippen LogP contribution in [-0.4, -0.2) is 44.2 Å². The maximum Gasteiger partial charge on any atom is 0.127 e. The summed E-state index contributed by atoms with van der Waals surface area (Å²) in [7, 11) is 0. The van der Waals surface area contributed by atoms with E-state index in [-0.39, 0.29) is 5.82 Å². The van der Waals surface area contributed by atoms with Crippen LogP contribution >= 0.6 is 0 Å². The molecule has 1 N–H and O–H groups in total. The number of para-hydroxylation sites is 1. The molecule has 24 heavy (non-hydrogen) atoms. The lowest BCUT2D eigenvalue weighted by Crippen LogP contribution is -2.44. The van der Waals surface area contributed by atoms with Crippen molar-refractivity contribution < 1.29 is 9.13 Å². The lowest BCUT2D eigenvalue weighted by molar-refractivity contribution is 0.245. The van der Waals surface area contributed by atoms with Crippen molar-refractivity contribution in [3.8, 4) is 5.75 Å². The predicted octanol–water partition coefficient (Wildman–Crippen LogP) is 2.93. The Hall–Kier alpha value is -2.17. The SMILES string of the molecule is Fc1ccc(C2=C(CN3CCNCC3)COc3ccccc32)cc1. The quantitative estimate of drug-likeness (QED) is 0.939. The van der Waals surface area contributed by atoms with Crippen molar-refractivity contribution in [3.05, 3.63) is 71.0 Å². The number of ether oxygens (including phenoxy) is 1. The molecule has 0 unspecified atom stereocenters. The average molecular weight is 324 g/mol. The number of nitrogens with zero attached hydrogens (tertiary/aromatic N) is 1. The minimum Gasteiger partial charge on any atom is -0.489 e. The van der Waals surface area contributed by atoms with Gasteiger partial charge in [-0.3, -0.25) is 4.90 Å². The monoisotopic (exact) mass is 324 g/mol. The largest absolute Gasteiger partial charge is 0.489 e. The van der Waals surface area contributed by atoms with Crippen LogP contribution in [0.2, 0.25) is 0 Å². The standard InChI is InChI=1S/C20H21FN2O/c21-17-7-5-15(6-8-17)20-16(13-23-11-9-22-10-12-23)14-24-19-4-2-1-3-18(19)20/h1-8,22H,9-14H2. The van der Waals surface area contributed by atoms with E-state index in [1.165, 1.54) is 23.3 Å². The summed E-state index contributed by atoms with van der Waals surface area (Å²) in [5, 5.41) is 3.39. The van der Waals surface area contributed by atoms with Gasteiger partial charge in [-0.15, -0.1) is 0 Å². The third-order valence-electron chi connectivity index (χ3n) is 4.67. The zero-order chi connectivity index (χ0) is 16.4. The number of nitrogens with one attached hydrogen (secondary N) is 1. The molecule has 2 aliphatic heterocycles. The summed E-state index contributed by atoms with van der Waals surface area (Å²) >= 11 is 0. The van der Waals surface area contributed by atoms with Gasteiger partial charge in [-0.05, 0) is 34.9 Å². The van der Waals surface area contributed by atoms with Crippen molar-refractivity contribution in [1.29, 1.82) is 0 Å². The molecule has 2 aromatic carbocycles. The highest BCUT2D eigenvalue weighted by Gasteiger charge is 2.23. The molecule has 0 saturated carbocycles. The molecule has 1 fully saturated rings. The second-order valence-electron chi connectivity index (χ2n) is 6.30. The van der Waals surface area contributed by atoms with E-state index in [0.717, 1.165) is 49.6 Å². The lowest BCUT2D eigenvalue weighted by atomic mass is 9.90. The second-order valence-corrected chi connectivity index (χ2v) is 6.30. The predicted molar refractivity (Wildman–Crippen MR) is 93.7 cm³/mol. The first kappa shape index (κ1) is 15.4. The van der Waals surface area contributed by atoms with Gasteiger partial charge < -0.3 is 10.1 Å². The molecule has 0 amide bonds. The van der Waals surface area contributed by atoms with Crippen molar-refractivity contribution in [2.75, 3.05) is 39.3 Å². The summed E-state index contributed by atoms with van der Waals surface area (Å²) in [5.41, 5.74) is 4.61. The second kappa shape index (κ2) is 6.75. The highest BCUT2D eigenvalue weighted by Crippen LogP contribution is 2.37. The van der Waals surface area contributed by atoms with Gasteiger partial charge >= 0.3 is 0 Å². The summed E-state index contributed by atoms with van der Waals surface area (Å²) in [6.07, 6.45) is 0. The number of rotatable bonds is 3. The van der Waals surface area contributed by atoms with E-state index in [1.54, 1.807) is 0 Å². The first-order valence-electron chi connectivity index (χ1n) is 8.44. The molecule has 2 aromatic rings. The molecule has 0 bridgehead atoms. The summed E-state index contributed by atoms with van der Waals surface area (Å²) in [6, 6.07) is 14.9.